The van der Waals surface area contributed by atoms with Crippen molar-refractivity contribution in [2.45, 2.75) is 25.3 Å². The van der Waals surface area contributed by atoms with Gasteiger partial charge < -0.3 is 10.1 Å². The number of aromatic amines is 1. The smallest absolute Gasteiger partial charge is 0.303 e. The van der Waals surface area contributed by atoms with E-state index < -0.39 is 17.9 Å². The average Bonchev–Trinajstić information content (AvgIpc) is 3.32. The molecule has 0 spiro atoms. The molecule has 0 fully saturated rings. The lowest BCUT2D eigenvalue weighted by Crippen LogP contribution is -2.27. The number of pyridine rings is 1. The number of H-pyrrole nitrogens is 1. The molecule has 2 N–H and O–H groups in total. The number of carbonyl (C=O) groups excluding carboxylic acids is 1. The van der Waals surface area contributed by atoms with Gasteiger partial charge in [0, 0.05) is 33.8 Å². The summed E-state index contributed by atoms with van der Waals surface area (Å²) in [5.74, 6) is -1.46. The quantitative estimate of drug-likeness (QED) is 0.335. The SMILES string of the molecule is O=C(O)CCC(=O)N1N=C(c2c(-c3ccccc3)c3ccccc3[nH]c2=O)CC1c1ccc(Br)cc1. The molecule has 36 heavy (non-hydrogen) atoms. The van der Waals surface area contributed by atoms with Gasteiger partial charge in [-0.15, -0.1) is 0 Å². The molecule has 8 heteroatoms. The first kappa shape index (κ1) is 23.7. The molecule has 0 saturated heterocycles. The second kappa shape index (κ2) is 9.91. The summed E-state index contributed by atoms with van der Waals surface area (Å²) >= 11 is 3.44. The minimum atomic E-state index is -1.05. The van der Waals surface area contributed by atoms with Crippen LogP contribution in [0.3, 0.4) is 0 Å². The molecule has 0 aliphatic carbocycles. The number of halogens is 1. The van der Waals surface area contributed by atoms with Crippen LogP contribution in [0.4, 0.5) is 0 Å². The molecule has 0 saturated carbocycles. The topological polar surface area (TPSA) is 103 Å². The molecule has 1 aliphatic heterocycles. The molecule has 1 atom stereocenters. The number of amides is 1. The highest BCUT2D eigenvalue weighted by Gasteiger charge is 2.35. The Balaban J connectivity index is 1.67. The van der Waals surface area contributed by atoms with Crippen LogP contribution < -0.4 is 5.56 Å². The van der Waals surface area contributed by atoms with Crippen molar-refractivity contribution in [3.8, 4) is 11.1 Å². The van der Waals surface area contributed by atoms with Gasteiger partial charge in [0.25, 0.3) is 5.56 Å². The second-order valence-corrected chi connectivity index (χ2v) is 9.48. The van der Waals surface area contributed by atoms with Crippen LogP contribution in [0.2, 0.25) is 0 Å². The first-order valence-electron chi connectivity index (χ1n) is 11.5. The number of aromatic nitrogens is 1. The van der Waals surface area contributed by atoms with Gasteiger partial charge >= 0.3 is 5.97 Å². The summed E-state index contributed by atoms with van der Waals surface area (Å²) in [6, 6.07) is 24.3. The highest BCUT2D eigenvalue weighted by molar-refractivity contribution is 9.10. The molecule has 180 valence electrons. The standard InChI is InChI=1S/C28H22BrN3O4/c29-19-12-10-17(11-13-19)23-16-22(31-32(23)24(33)14-15-25(34)35)27-26(18-6-2-1-3-7-18)20-8-4-5-9-21(20)30-28(27)36/h1-13,23H,14-16H2,(H,30,36)(H,34,35). The molecule has 1 amide bonds. The number of rotatable bonds is 6. The number of carboxylic acids is 1. The normalized spacial score (nSPS) is 15.2. The van der Waals surface area contributed by atoms with Crippen molar-refractivity contribution >= 4 is 44.4 Å². The number of carbonyl (C=O) groups is 2. The van der Waals surface area contributed by atoms with E-state index in [2.05, 4.69) is 26.0 Å². The number of hydrogen-bond donors (Lipinski definition) is 2. The highest BCUT2D eigenvalue weighted by Crippen LogP contribution is 2.37. The monoisotopic (exact) mass is 543 g/mol. The fourth-order valence-electron chi connectivity index (χ4n) is 4.59. The van der Waals surface area contributed by atoms with Crippen molar-refractivity contribution in [1.29, 1.82) is 0 Å². The lowest BCUT2D eigenvalue weighted by Gasteiger charge is -2.22. The molecule has 1 unspecified atom stereocenters. The van der Waals surface area contributed by atoms with E-state index in [1.165, 1.54) is 5.01 Å². The van der Waals surface area contributed by atoms with E-state index in [0.717, 1.165) is 26.5 Å². The van der Waals surface area contributed by atoms with E-state index in [1.54, 1.807) is 0 Å². The van der Waals surface area contributed by atoms with E-state index in [0.29, 0.717) is 23.2 Å². The number of nitrogens with zero attached hydrogens (tertiary/aromatic N) is 2. The number of hydrogen-bond acceptors (Lipinski definition) is 4. The van der Waals surface area contributed by atoms with Gasteiger partial charge in [0.2, 0.25) is 5.91 Å². The van der Waals surface area contributed by atoms with E-state index in [4.69, 9.17) is 5.11 Å². The Morgan fingerprint density at radius 2 is 1.64 bits per heavy atom. The van der Waals surface area contributed by atoms with Crippen molar-refractivity contribution in [3.63, 3.8) is 0 Å². The molecular formula is C28H22BrN3O4. The Hall–Kier alpha value is -4.04. The number of para-hydroxylation sites is 1. The number of fused-ring (bicyclic) bond motifs is 1. The van der Waals surface area contributed by atoms with Crippen LogP contribution >= 0.6 is 15.9 Å². The molecule has 1 aromatic heterocycles. The number of nitrogens with one attached hydrogen (secondary N) is 1. The first-order chi connectivity index (χ1) is 17.4. The lowest BCUT2D eigenvalue weighted by atomic mass is 9.91. The Labute approximate surface area is 215 Å². The van der Waals surface area contributed by atoms with Crippen LogP contribution in [-0.4, -0.2) is 32.7 Å². The third-order valence-electron chi connectivity index (χ3n) is 6.25. The first-order valence-corrected chi connectivity index (χ1v) is 12.3. The Morgan fingerprint density at radius 1 is 0.944 bits per heavy atom. The summed E-state index contributed by atoms with van der Waals surface area (Å²) in [6.07, 6.45) is -0.153. The largest absolute Gasteiger partial charge is 0.481 e. The molecule has 5 rings (SSSR count). The van der Waals surface area contributed by atoms with Crippen molar-refractivity contribution in [2.75, 3.05) is 0 Å². The summed E-state index contributed by atoms with van der Waals surface area (Å²) in [4.78, 5) is 40.6. The molecule has 4 aromatic rings. The summed E-state index contributed by atoms with van der Waals surface area (Å²) in [5.41, 5.74) is 3.78. The third kappa shape index (κ3) is 4.59. The molecule has 1 aliphatic rings. The molecule has 0 radical (unpaired) electrons. The van der Waals surface area contributed by atoms with E-state index in [1.807, 2.05) is 78.9 Å². The Bertz CT molecular complexity index is 1550. The van der Waals surface area contributed by atoms with Gasteiger partial charge in [-0.3, -0.25) is 14.4 Å². The maximum Gasteiger partial charge on any atom is 0.303 e. The minimum Gasteiger partial charge on any atom is -0.481 e. The average molecular weight is 544 g/mol. The van der Waals surface area contributed by atoms with Crippen LogP contribution in [0.25, 0.3) is 22.0 Å². The van der Waals surface area contributed by atoms with Crippen molar-refractivity contribution in [2.24, 2.45) is 5.10 Å². The predicted molar refractivity (Wildman–Crippen MR) is 142 cm³/mol. The Morgan fingerprint density at radius 3 is 2.36 bits per heavy atom. The van der Waals surface area contributed by atoms with E-state index in [-0.39, 0.29) is 18.4 Å². The Kier molecular flexibility index (Phi) is 6.52. The van der Waals surface area contributed by atoms with Gasteiger partial charge in [-0.05, 0) is 29.3 Å². The molecule has 3 aromatic carbocycles. The fourth-order valence-corrected chi connectivity index (χ4v) is 4.85. The number of aliphatic carboxylic acids is 1. The van der Waals surface area contributed by atoms with Crippen LogP contribution in [0, 0.1) is 0 Å². The van der Waals surface area contributed by atoms with Crippen molar-refractivity contribution in [1.82, 2.24) is 9.99 Å². The molecule has 0 bridgehead atoms. The van der Waals surface area contributed by atoms with Gasteiger partial charge in [-0.1, -0.05) is 76.6 Å². The van der Waals surface area contributed by atoms with Crippen LogP contribution in [0.1, 0.15) is 36.4 Å². The zero-order valence-corrected chi connectivity index (χ0v) is 20.7. The van der Waals surface area contributed by atoms with E-state index >= 15 is 0 Å². The zero-order chi connectivity index (χ0) is 25.2. The lowest BCUT2D eigenvalue weighted by molar-refractivity contribution is -0.141. The number of benzene rings is 3. The van der Waals surface area contributed by atoms with Crippen LogP contribution in [0.5, 0.6) is 0 Å². The summed E-state index contributed by atoms with van der Waals surface area (Å²) in [7, 11) is 0. The summed E-state index contributed by atoms with van der Waals surface area (Å²) < 4.78 is 0.895. The summed E-state index contributed by atoms with van der Waals surface area (Å²) in [6.45, 7) is 0. The van der Waals surface area contributed by atoms with Crippen molar-refractivity contribution < 1.29 is 14.7 Å². The number of hydrazone groups is 1. The van der Waals surface area contributed by atoms with Crippen LogP contribution in [-0.2, 0) is 9.59 Å². The fraction of sp³-hybridized carbons (Fsp3) is 0.143. The third-order valence-corrected chi connectivity index (χ3v) is 6.77. The number of carboxylic acid groups (broad SMARTS) is 1. The minimum absolute atomic E-state index is 0.182. The van der Waals surface area contributed by atoms with Gasteiger partial charge in [0.05, 0.1) is 23.7 Å². The maximum absolute atomic E-state index is 13.5. The predicted octanol–water partition coefficient (Wildman–Crippen LogP) is 5.50. The van der Waals surface area contributed by atoms with E-state index in [9.17, 15) is 14.4 Å². The van der Waals surface area contributed by atoms with Gasteiger partial charge in [0.15, 0.2) is 0 Å². The highest BCUT2D eigenvalue weighted by atomic mass is 79.9. The van der Waals surface area contributed by atoms with Gasteiger partial charge in [0.1, 0.15) is 0 Å². The van der Waals surface area contributed by atoms with Gasteiger partial charge in [-0.2, -0.15) is 5.10 Å². The second-order valence-electron chi connectivity index (χ2n) is 8.57. The summed E-state index contributed by atoms with van der Waals surface area (Å²) in [5, 5.41) is 15.9. The molecule has 7 nitrogen and oxygen atoms in total. The molecular weight excluding hydrogens is 522 g/mol. The van der Waals surface area contributed by atoms with Crippen LogP contribution in [0.15, 0.2) is 93.2 Å². The van der Waals surface area contributed by atoms with Crippen molar-refractivity contribution in [3.05, 3.63) is 105 Å². The van der Waals surface area contributed by atoms with Gasteiger partial charge in [-0.25, -0.2) is 5.01 Å². The maximum atomic E-state index is 13.5. The molecule has 2 heterocycles. The zero-order valence-electron chi connectivity index (χ0n) is 19.1.